The number of hydrogen-bond donors (Lipinski definition) is 1. The van der Waals surface area contributed by atoms with E-state index in [0.29, 0.717) is 26.0 Å². The number of benzene rings is 1. The molecule has 0 aliphatic carbocycles. The zero-order valence-electron chi connectivity index (χ0n) is 22.8. The van der Waals surface area contributed by atoms with Gasteiger partial charge in [-0.05, 0) is 57.1 Å². The van der Waals surface area contributed by atoms with Gasteiger partial charge in [-0.15, -0.1) is 24.9 Å². The van der Waals surface area contributed by atoms with Crippen molar-refractivity contribution in [2.45, 2.75) is 66.8 Å². The minimum absolute atomic E-state index is 0.0222. The second-order valence-corrected chi connectivity index (χ2v) is 13.4. The van der Waals surface area contributed by atoms with Gasteiger partial charge in [0, 0.05) is 35.5 Å². The number of hydrogen-bond acceptors (Lipinski definition) is 6. The largest absolute Gasteiger partial charge is 0.465 e. The number of esters is 1. The third-order valence-corrected chi connectivity index (χ3v) is 11.4. The molecule has 1 aromatic carbocycles. The first-order valence-corrected chi connectivity index (χ1v) is 15.5. The summed E-state index contributed by atoms with van der Waals surface area (Å²) in [4.78, 5) is 45.5. The maximum atomic E-state index is 14.6. The number of carbonyl (C=O) groups is 3. The highest BCUT2D eigenvalue weighted by Crippen LogP contribution is 2.68. The van der Waals surface area contributed by atoms with E-state index >= 15 is 0 Å². The quantitative estimate of drug-likeness (QED) is 0.151. The Bertz CT molecular complexity index is 1110. The number of likely N-dealkylation sites (tertiary alicyclic amines) is 1. The molecule has 9 heteroatoms. The zero-order valence-corrected chi connectivity index (χ0v) is 25.2. The molecule has 3 aliphatic rings. The minimum Gasteiger partial charge on any atom is -0.465 e. The first-order valence-electron chi connectivity index (χ1n) is 13.7. The van der Waals surface area contributed by atoms with Crippen molar-refractivity contribution in [2.24, 2.45) is 11.8 Å². The smallest absolute Gasteiger partial charge is 0.310 e. The minimum atomic E-state index is -0.763. The van der Waals surface area contributed by atoms with Crippen LogP contribution in [0, 0.1) is 25.7 Å². The standard InChI is InChI=1S/C30H39BrN2O5S/c1-5-7-8-9-17-38-29(37)22-23-27(35)33(15-11-16-34)26(30(23)18-21(31)25(22)39-30)28(36)32(14-6-2)24-19(3)12-10-13-20(24)4/h5-6,10,12-13,21-23,25-26,34H,1-2,7-9,11,14-18H2,3-4H3/t21?,22-,23+,25-,26?,30?/m1/s1. The van der Waals surface area contributed by atoms with Crippen LogP contribution in [0.25, 0.3) is 0 Å². The second kappa shape index (κ2) is 12.6. The van der Waals surface area contributed by atoms with E-state index in [1.807, 2.05) is 38.1 Å². The number of nitrogens with zero attached hydrogens (tertiary/aromatic N) is 2. The highest BCUT2D eigenvalue weighted by molar-refractivity contribution is 9.09. The number of rotatable bonds is 13. The van der Waals surface area contributed by atoms with Crippen LogP contribution in [0.15, 0.2) is 43.5 Å². The number of fused-ring (bicyclic) bond motifs is 1. The molecule has 0 radical (unpaired) electrons. The fraction of sp³-hybridized carbons (Fsp3) is 0.567. The molecule has 39 heavy (non-hydrogen) atoms. The summed E-state index contributed by atoms with van der Waals surface area (Å²) in [6.07, 6.45) is 6.98. The summed E-state index contributed by atoms with van der Waals surface area (Å²) in [6.45, 7) is 12.3. The molecule has 2 amide bonds. The maximum Gasteiger partial charge on any atom is 0.310 e. The normalized spacial score (nSPS) is 28.9. The molecule has 3 saturated heterocycles. The summed E-state index contributed by atoms with van der Waals surface area (Å²) in [5, 5.41) is 9.47. The number of anilines is 1. The van der Waals surface area contributed by atoms with Crippen molar-refractivity contribution >= 4 is 51.2 Å². The Balaban J connectivity index is 1.71. The molecule has 7 nitrogen and oxygen atoms in total. The van der Waals surface area contributed by atoms with Gasteiger partial charge in [0.15, 0.2) is 0 Å². The van der Waals surface area contributed by atoms with E-state index in [1.165, 1.54) is 0 Å². The zero-order chi connectivity index (χ0) is 28.3. The number of aliphatic hydroxyl groups is 1. The van der Waals surface area contributed by atoms with Crippen LogP contribution in [-0.2, 0) is 19.1 Å². The predicted molar refractivity (Wildman–Crippen MR) is 159 cm³/mol. The van der Waals surface area contributed by atoms with Crippen molar-refractivity contribution in [3.63, 3.8) is 0 Å². The molecule has 0 saturated carbocycles. The summed E-state index contributed by atoms with van der Waals surface area (Å²) in [5.74, 6) is -1.98. The molecular formula is C30H39BrN2O5S. The van der Waals surface area contributed by atoms with Crippen LogP contribution in [0.4, 0.5) is 5.69 Å². The van der Waals surface area contributed by atoms with E-state index in [0.717, 1.165) is 36.1 Å². The van der Waals surface area contributed by atoms with Gasteiger partial charge < -0.3 is 19.6 Å². The number of alkyl halides is 1. The first-order chi connectivity index (χ1) is 18.7. The number of thioether (sulfide) groups is 1. The average Bonchev–Trinajstić information content (AvgIpc) is 3.49. The van der Waals surface area contributed by atoms with E-state index in [-0.39, 0.29) is 41.0 Å². The van der Waals surface area contributed by atoms with Gasteiger partial charge in [0.2, 0.25) is 5.91 Å². The molecule has 1 spiro atoms. The molecule has 3 heterocycles. The molecule has 1 aromatic rings. The third kappa shape index (κ3) is 5.34. The lowest BCUT2D eigenvalue weighted by molar-refractivity contribution is -0.154. The summed E-state index contributed by atoms with van der Waals surface area (Å²) in [6, 6.07) is 5.15. The van der Waals surface area contributed by atoms with E-state index < -0.39 is 22.6 Å². The number of carbonyl (C=O) groups excluding carboxylic acids is 3. The number of allylic oxidation sites excluding steroid dienone is 1. The number of ether oxygens (including phenoxy) is 1. The summed E-state index contributed by atoms with van der Waals surface area (Å²) >= 11 is 5.39. The fourth-order valence-electron chi connectivity index (χ4n) is 6.62. The van der Waals surface area contributed by atoms with Gasteiger partial charge in [0.1, 0.15) is 6.04 Å². The number of halogens is 1. The van der Waals surface area contributed by atoms with Gasteiger partial charge in [-0.1, -0.05) is 46.3 Å². The first kappa shape index (κ1) is 29.9. The Labute approximate surface area is 244 Å². The molecule has 3 unspecified atom stereocenters. The molecular weight excluding hydrogens is 580 g/mol. The van der Waals surface area contributed by atoms with Crippen molar-refractivity contribution in [3.8, 4) is 0 Å². The number of aliphatic hydroxyl groups excluding tert-OH is 1. The van der Waals surface area contributed by atoms with Gasteiger partial charge in [0.25, 0.3) is 5.91 Å². The van der Waals surface area contributed by atoms with Crippen molar-refractivity contribution in [1.82, 2.24) is 4.90 Å². The van der Waals surface area contributed by atoms with Crippen LogP contribution >= 0.6 is 27.7 Å². The lowest BCUT2D eigenvalue weighted by Crippen LogP contribution is -2.56. The Kier molecular flexibility index (Phi) is 9.65. The van der Waals surface area contributed by atoms with E-state index in [4.69, 9.17) is 4.74 Å². The molecule has 2 bridgehead atoms. The number of para-hydroxylation sites is 1. The van der Waals surface area contributed by atoms with Crippen molar-refractivity contribution < 1.29 is 24.2 Å². The lowest BCUT2D eigenvalue weighted by Gasteiger charge is -2.38. The monoisotopic (exact) mass is 618 g/mol. The third-order valence-electron chi connectivity index (χ3n) is 8.19. The molecule has 1 N–H and O–H groups in total. The van der Waals surface area contributed by atoms with Crippen LogP contribution in [0.5, 0.6) is 0 Å². The summed E-state index contributed by atoms with van der Waals surface area (Å²) < 4.78 is 4.94. The van der Waals surface area contributed by atoms with Gasteiger partial charge >= 0.3 is 5.97 Å². The van der Waals surface area contributed by atoms with Crippen LogP contribution in [0.3, 0.4) is 0 Å². The predicted octanol–water partition coefficient (Wildman–Crippen LogP) is 4.57. The SMILES string of the molecule is C=CCCCCOC(=O)[C@H]1[C@@H]2SC3(CC2Br)C(C(=O)N(CC=C)c2c(C)cccc2C)N(CCCO)C(=O)[C@H]13. The molecule has 3 aliphatic heterocycles. The molecule has 212 valence electrons. The Hall–Kier alpha value is -2.10. The van der Waals surface area contributed by atoms with Crippen LogP contribution in [0.1, 0.15) is 43.2 Å². The number of unbranched alkanes of at least 4 members (excludes halogenated alkanes) is 2. The summed E-state index contributed by atoms with van der Waals surface area (Å²) in [7, 11) is 0. The van der Waals surface area contributed by atoms with Gasteiger partial charge in [0.05, 0.1) is 23.2 Å². The fourth-order valence-corrected chi connectivity index (χ4v) is 10.2. The maximum absolute atomic E-state index is 14.6. The van der Waals surface area contributed by atoms with Crippen molar-refractivity contribution in [3.05, 3.63) is 54.6 Å². The number of aryl methyl sites for hydroxylation is 2. The van der Waals surface area contributed by atoms with E-state index in [2.05, 4.69) is 29.1 Å². The van der Waals surface area contributed by atoms with Gasteiger partial charge in [-0.2, -0.15) is 0 Å². The average molecular weight is 620 g/mol. The highest BCUT2D eigenvalue weighted by atomic mass is 79.9. The van der Waals surface area contributed by atoms with Crippen molar-refractivity contribution in [2.75, 3.05) is 31.2 Å². The Morgan fingerprint density at radius 1 is 1.23 bits per heavy atom. The van der Waals surface area contributed by atoms with Crippen LogP contribution in [-0.4, -0.2) is 75.0 Å². The summed E-state index contributed by atoms with van der Waals surface area (Å²) in [5.41, 5.74) is 2.75. The molecule has 3 fully saturated rings. The lowest BCUT2D eigenvalue weighted by atomic mass is 9.71. The van der Waals surface area contributed by atoms with Gasteiger partial charge in [-0.25, -0.2) is 0 Å². The Morgan fingerprint density at radius 3 is 2.59 bits per heavy atom. The van der Waals surface area contributed by atoms with E-state index in [1.54, 1.807) is 27.6 Å². The molecule has 6 atom stereocenters. The van der Waals surface area contributed by atoms with Gasteiger partial charge in [-0.3, -0.25) is 14.4 Å². The van der Waals surface area contributed by atoms with Crippen LogP contribution < -0.4 is 4.90 Å². The van der Waals surface area contributed by atoms with Crippen LogP contribution in [0.2, 0.25) is 0 Å². The number of amides is 2. The van der Waals surface area contributed by atoms with E-state index in [9.17, 15) is 19.5 Å². The highest BCUT2D eigenvalue weighted by Gasteiger charge is 2.76. The second-order valence-electron chi connectivity index (χ2n) is 10.7. The Morgan fingerprint density at radius 2 is 1.95 bits per heavy atom. The molecule has 4 rings (SSSR count). The van der Waals surface area contributed by atoms with Crippen molar-refractivity contribution in [1.29, 1.82) is 0 Å². The molecule has 0 aromatic heterocycles. The topological polar surface area (TPSA) is 87.2 Å².